The maximum Gasteiger partial charge on any atom is 0.320 e. The normalized spacial score (nSPS) is 12.8. The average Bonchev–Trinajstić information content (AvgIpc) is 2.21. The Balaban J connectivity index is -0.00000112. The van der Waals surface area contributed by atoms with E-state index < -0.39 is 24.0 Å². The van der Waals surface area contributed by atoms with E-state index in [1.807, 2.05) is 0 Å². The number of carbonyl (C=O) groups is 2. The van der Waals surface area contributed by atoms with Gasteiger partial charge in [-0.1, -0.05) is 21.6 Å². The zero-order valence-electron chi connectivity index (χ0n) is 10.7. The maximum atomic E-state index is 10.4. The zero-order valence-corrected chi connectivity index (χ0v) is 18.5. The van der Waals surface area contributed by atoms with E-state index in [0.717, 1.165) is 0 Å². The molecule has 0 fully saturated rings. The van der Waals surface area contributed by atoms with Gasteiger partial charge in [-0.05, 0) is 12.8 Å². The van der Waals surface area contributed by atoms with E-state index >= 15 is 0 Å². The van der Waals surface area contributed by atoms with Gasteiger partial charge in [0.05, 0.1) is 0 Å². The fourth-order valence-corrected chi connectivity index (χ4v) is 2.94. The molecule has 0 saturated heterocycles. The van der Waals surface area contributed by atoms with Crippen molar-refractivity contribution in [3.63, 3.8) is 0 Å². The molecule has 0 spiro atoms. The molecule has 0 rings (SSSR count). The molecule has 0 unspecified atom stereocenters. The standard InChI is InChI=1S/C8H16N2O4S2.2K/c9-5(7(11)12)1-3-15-16-4-2-6(10)8(13)14;;/h5-6H,1-4,9-10H2,(H,11,12)(H,13,14);;/t5-,6-;;/m0../s1. The number of aliphatic carboxylic acids is 2. The largest absolute Gasteiger partial charge is 0.480 e. The van der Waals surface area contributed by atoms with Crippen LogP contribution in [0.25, 0.3) is 0 Å². The van der Waals surface area contributed by atoms with Crippen molar-refractivity contribution < 1.29 is 19.8 Å². The second kappa shape index (κ2) is 16.2. The van der Waals surface area contributed by atoms with Gasteiger partial charge in [-0.15, -0.1) is 0 Å². The van der Waals surface area contributed by atoms with Crippen molar-refractivity contribution in [2.45, 2.75) is 24.9 Å². The van der Waals surface area contributed by atoms with E-state index in [1.54, 1.807) is 0 Å². The monoisotopic (exact) mass is 346 g/mol. The Morgan fingerprint density at radius 1 is 0.889 bits per heavy atom. The minimum Gasteiger partial charge on any atom is -0.480 e. The summed E-state index contributed by atoms with van der Waals surface area (Å²) in [5, 5.41) is 17.0. The van der Waals surface area contributed by atoms with Crippen LogP contribution < -0.4 is 11.5 Å². The molecule has 6 N–H and O–H groups in total. The van der Waals surface area contributed by atoms with Crippen molar-refractivity contribution in [2.75, 3.05) is 11.5 Å². The van der Waals surface area contributed by atoms with Crippen molar-refractivity contribution in [1.82, 2.24) is 0 Å². The molecule has 0 amide bonds. The summed E-state index contributed by atoms with van der Waals surface area (Å²) < 4.78 is 0. The summed E-state index contributed by atoms with van der Waals surface area (Å²) in [6, 6.07) is -1.65. The van der Waals surface area contributed by atoms with Crippen LogP contribution in [0.15, 0.2) is 0 Å². The average molecular weight is 347 g/mol. The van der Waals surface area contributed by atoms with Crippen molar-refractivity contribution >= 4 is 136 Å². The van der Waals surface area contributed by atoms with E-state index in [-0.39, 0.29) is 103 Å². The van der Waals surface area contributed by atoms with Crippen molar-refractivity contribution in [2.24, 2.45) is 11.5 Å². The third-order valence-corrected chi connectivity index (χ3v) is 4.21. The summed E-state index contributed by atoms with van der Waals surface area (Å²) in [4.78, 5) is 20.7. The van der Waals surface area contributed by atoms with Gasteiger partial charge in [0.1, 0.15) is 12.1 Å². The van der Waals surface area contributed by atoms with Crippen LogP contribution in [-0.2, 0) is 9.59 Å². The van der Waals surface area contributed by atoms with Gasteiger partial charge in [-0.3, -0.25) is 9.59 Å². The molecule has 6 nitrogen and oxygen atoms in total. The predicted molar refractivity (Wildman–Crippen MR) is 76.9 cm³/mol. The number of hydrogen-bond acceptors (Lipinski definition) is 6. The molecule has 0 aromatic rings. The topological polar surface area (TPSA) is 127 Å². The molecular formula is C8H16K2N2O4S2. The molecule has 0 aliphatic rings. The van der Waals surface area contributed by atoms with E-state index in [2.05, 4.69) is 0 Å². The maximum absolute atomic E-state index is 10.4. The molecule has 2 radical (unpaired) electrons. The van der Waals surface area contributed by atoms with Gasteiger partial charge in [0.2, 0.25) is 0 Å². The Hall–Kier alpha value is 2.83. The van der Waals surface area contributed by atoms with Crippen molar-refractivity contribution in [1.29, 1.82) is 0 Å². The Labute approximate surface area is 199 Å². The molecule has 0 aliphatic carbocycles. The first-order valence-electron chi connectivity index (χ1n) is 4.66. The number of hydrogen-bond donors (Lipinski definition) is 4. The van der Waals surface area contributed by atoms with Gasteiger partial charge < -0.3 is 21.7 Å². The molecule has 0 aromatic carbocycles. The van der Waals surface area contributed by atoms with E-state index in [4.69, 9.17) is 21.7 Å². The molecule has 0 saturated carbocycles. The van der Waals surface area contributed by atoms with Crippen LogP contribution in [0.4, 0.5) is 0 Å². The molecule has 0 aromatic heterocycles. The number of nitrogens with two attached hydrogens (primary N) is 2. The minimum absolute atomic E-state index is 0. The van der Waals surface area contributed by atoms with Gasteiger partial charge in [-0.25, -0.2) is 0 Å². The Morgan fingerprint density at radius 3 is 1.39 bits per heavy atom. The first-order valence-corrected chi connectivity index (χ1v) is 7.15. The van der Waals surface area contributed by atoms with E-state index in [1.165, 1.54) is 21.6 Å². The molecule has 0 aliphatic heterocycles. The van der Waals surface area contributed by atoms with Gasteiger partial charge >= 0.3 is 11.9 Å². The van der Waals surface area contributed by atoms with Crippen molar-refractivity contribution in [3.05, 3.63) is 0 Å². The number of carboxylic acids is 2. The smallest absolute Gasteiger partial charge is 0.320 e. The summed E-state index contributed by atoms with van der Waals surface area (Å²) in [5.41, 5.74) is 10.6. The van der Waals surface area contributed by atoms with Crippen molar-refractivity contribution in [3.8, 4) is 0 Å². The Bertz CT molecular complexity index is 225. The molecule has 96 valence electrons. The fraction of sp³-hybridized carbons (Fsp3) is 0.750. The van der Waals surface area contributed by atoms with Gasteiger partial charge in [0, 0.05) is 114 Å². The summed E-state index contributed by atoms with van der Waals surface area (Å²) in [5.74, 6) is -0.752. The van der Waals surface area contributed by atoms with Crippen LogP contribution in [0.5, 0.6) is 0 Å². The Kier molecular flexibility index (Phi) is 23.2. The molecule has 0 heterocycles. The third-order valence-electron chi connectivity index (χ3n) is 1.74. The van der Waals surface area contributed by atoms with Crippen LogP contribution in [0.2, 0.25) is 0 Å². The molecule has 10 heteroatoms. The predicted octanol–water partition coefficient (Wildman–Crippen LogP) is -0.790. The van der Waals surface area contributed by atoms with Crippen LogP contribution in [0.1, 0.15) is 12.8 Å². The van der Waals surface area contributed by atoms with Crippen LogP contribution in [0.3, 0.4) is 0 Å². The SMILES string of the molecule is N[C@@H](CCSSCC[C@H](N)C(=O)O)C(=O)O.[K].[K]. The summed E-state index contributed by atoms with van der Waals surface area (Å²) in [7, 11) is 2.96. The summed E-state index contributed by atoms with van der Waals surface area (Å²) in [6.45, 7) is 0. The molecule has 18 heavy (non-hydrogen) atoms. The first kappa shape index (κ1) is 25.8. The zero-order chi connectivity index (χ0) is 12.6. The minimum atomic E-state index is -1.00. The van der Waals surface area contributed by atoms with Gasteiger partial charge in [-0.2, -0.15) is 0 Å². The summed E-state index contributed by atoms with van der Waals surface area (Å²) in [6.07, 6.45) is 0.802. The second-order valence-electron chi connectivity index (χ2n) is 3.11. The van der Waals surface area contributed by atoms with Gasteiger partial charge in [0.15, 0.2) is 0 Å². The number of rotatable bonds is 9. The molecule has 0 bridgehead atoms. The Morgan fingerprint density at radius 2 is 1.17 bits per heavy atom. The summed E-state index contributed by atoms with van der Waals surface area (Å²) >= 11 is 0. The fourth-order valence-electron chi connectivity index (χ4n) is 0.715. The molecular weight excluding hydrogens is 330 g/mol. The van der Waals surface area contributed by atoms with E-state index in [9.17, 15) is 9.59 Å². The second-order valence-corrected chi connectivity index (χ2v) is 5.81. The molecule has 2 atom stereocenters. The van der Waals surface area contributed by atoms with Crippen LogP contribution in [0, 0.1) is 0 Å². The third kappa shape index (κ3) is 15.2. The number of carboxylic acid groups (broad SMARTS) is 2. The van der Waals surface area contributed by atoms with Gasteiger partial charge in [0.25, 0.3) is 0 Å². The van der Waals surface area contributed by atoms with E-state index in [0.29, 0.717) is 24.3 Å². The first-order chi connectivity index (χ1) is 7.45. The van der Waals surface area contributed by atoms with Crippen LogP contribution in [-0.4, -0.2) is 149 Å². The van der Waals surface area contributed by atoms with Crippen LogP contribution >= 0.6 is 21.6 Å². The quantitative estimate of drug-likeness (QED) is 0.243.